The Kier molecular flexibility index (Phi) is 5.22. The summed E-state index contributed by atoms with van der Waals surface area (Å²) in [4.78, 5) is 20.9. The van der Waals surface area contributed by atoms with E-state index < -0.39 is 14.9 Å². The van der Waals surface area contributed by atoms with Gasteiger partial charge in [-0.2, -0.15) is 0 Å². The summed E-state index contributed by atoms with van der Waals surface area (Å²) in [5, 5.41) is 13.4. The number of hydrogen-bond donors (Lipinski definition) is 2. The van der Waals surface area contributed by atoms with Crippen LogP contribution in [0.15, 0.2) is 47.4 Å². The first-order chi connectivity index (χ1) is 11.7. The lowest BCUT2D eigenvalue weighted by Crippen LogP contribution is -2.15. The second-order valence-electron chi connectivity index (χ2n) is 4.96. The molecule has 0 fully saturated rings. The number of amides is 1. The number of nitrogens with one attached hydrogen (secondary N) is 2. The third-order valence-corrected chi connectivity index (χ3v) is 4.49. The molecular weight excluding hydrogens is 350 g/mol. The molecule has 0 saturated carbocycles. The molecule has 2 rings (SSSR count). The monoisotopic (exact) mass is 365 g/mol. The number of anilines is 2. The van der Waals surface area contributed by atoms with Crippen molar-refractivity contribution in [2.45, 2.75) is 11.8 Å². The van der Waals surface area contributed by atoms with Crippen LogP contribution in [0.3, 0.4) is 0 Å². The average Bonchev–Trinajstić information content (AvgIpc) is 2.53. The van der Waals surface area contributed by atoms with E-state index in [0.717, 1.165) is 12.1 Å². The van der Waals surface area contributed by atoms with Gasteiger partial charge in [0.25, 0.3) is 15.7 Å². The van der Waals surface area contributed by atoms with E-state index in [2.05, 4.69) is 10.0 Å². The molecule has 0 heterocycles. The highest BCUT2D eigenvalue weighted by Gasteiger charge is 2.23. The van der Waals surface area contributed by atoms with Crippen LogP contribution in [0.2, 0.25) is 0 Å². The van der Waals surface area contributed by atoms with Gasteiger partial charge in [0.1, 0.15) is 10.6 Å². The summed E-state index contributed by atoms with van der Waals surface area (Å²) in [5.41, 5.74) is 0.201. The number of rotatable bonds is 6. The highest BCUT2D eigenvalue weighted by atomic mass is 32.2. The number of carbonyl (C=O) groups is 1. The molecule has 0 saturated heterocycles. The number of non-ortho nitro benzene ring substituents is 1. The normalized spacial score (nSPS) is 10.8. The predicted octanol–water partition coefficient (Wildman–Crippen LogP) is 2.36. The number of sulfonamides is 1. The molecule has 2 aromatic carbocycles. The van der Waals surface area contributed by atoms with Crippen molar-refractivity contribution in [3.63, 3.8) is 0 Å². The Morgan fingerprint density at radius 1 is 1.16 bits per heavy atom. The maximum Gasteiger partial charge on any atom is 0.271 e. The van der Waals surface area contributed by atoms with Gasteiger partial charge in [0.15, 0.2) is 0 Å². The van der Waals surface area contributed by atoms with Gasteiger partial charge in [0.2, 0.25) is 5.91 Å². The number of methoxy groups -OCH3 is 1. The molecule has 0 radical (unpaired) electrons. The van der Waals surface area contributed by atoms with Gasteiger partial charge in [-0.15, -0.1) is 0 Å². The molecule has 0 unspecified atom stereocenters. The topological polar surface area (TPSA) is 128 Å². The molecule has 2 aromatic rings. The summed E-state index contributed by atoms with van der Waals surface area (Å²) in [7, 11) is -2.89. The summed E-state index contributed by atoms with van der Waals surface area (Å²) in [5.74, 6) is -0.337. The van der Waals surface area contributed by atoms with Crippen LogP contribution < -0.4 is 14.8 Å². The Hall–Kier alpha value is -3.14. The van der Waals surface area contributed by atoms with Crippen LogP contribution in [-0.4, -0.2) is 26.4 Å². The third-order valence-electron chi connectivity index (χ3n) is 3.08. The number of hydrogen-bond acceptors (Lipinski definition) is 6. The lowest BCUT2D eigenvalue weighted by atomic mass is 10.3. The molecule has 2 N–H and O–H groups in total. The smallest absolute Gasteiger partial charge is 0.271 e. The fourth-order valence-electron chi connectivity index (χ4n) is 2.06. The summed E-state index contributed by atoms with van der Waals surface area (Å²) in [6.45, 7) is 1.32. The molecule has 0 bridgehead atoms. The van der Waals surface area contributed by atoms with Gasteiger partial charge < -0.3 is 10.1 Å². The zero-order valence-electron chi connectivity index (χ0n) is 13.3. The van der Waals surface area contributed by atoms with Crippen molar-refractivity contribution in [2.75, 3.05) is 17.1 Å². The van der Waals surface area contributed by atoms with Gasteiger partial charge in [0.05, 0.1) is 17.7 Å². The molecule has 132 valence electrons. The van der Waals surface area contributed by atoms with Crippen LogP contribution in [0.4, 0.5) is 17.1 Å². The molecule has 1 amide bonds. The molecule has 0 atom stereocenters. The zero-order valence-corrected chi connectivity index (χ0v) is 14.2. The lowest BCUT2D eigenvalue weighted by Gasteiger charge is -2.12. The van der Waals surface area contributed by atoms with E-state index in [-0.39, 0.29) is 27.9 Å². The Balaban J connectivity index is 2.41. The zero-order chi connectivity index (χ0) is 18.6. The summed E-state index contributed by atoms with van der Waals surface area (Å²) >= 11 is 0. The number of carbonyl (C=O) groups excluding carboxylic acids is 1. The minimum absolute atomic E-state index is 0.0314. The average molecular weight is 365 g/mol. The molecule has 0 aromatic heterocycles. The molecule has 10 heteroatoms. The molecular formula is C15H15N3O6S. The quantitative estimate of drug-likeness (QED) is 0.597. The van der Waals surface area contributed by atoms with Gasteiger partial charge in [0, 0.05) is 24.7 Å². The minimum Gasteiger partial charge on any atom is -0.495 e. The Morgan fingerprint density at radius 3 is 2.44 bits per heavy atom. The summed E-state index contributed by atoms with van der Waals surface area (Å²) < 4.78 is 32.5. The van der Waals surface area contributed by atoms with E-state index in [1.807, 2.05) is 0 Å². The maximum atomic E-state index is 12.6. The SMILES string of the molecule is COc1ccc([N+](=O)[O-])cc1S(=O)(=O)Nc1cccc(NC(C)=O)c1. The van der Waals surface area contributed by atoms with Crippen molar-refractivity contribution >= 4 is 33.0 Å². The van der Waals surface area contributed by atoms with Crippen LogP contribution in [0.1, 0.15) is 6.92 Å². The molecule has 9 nitrogen and oxygen atoms in total. The van der Waals surface area contributed by atoms with Crippen molar-refractivity contribution in [1.82, 2.24) is 0 Å². The van der Waals surface area contributed by atoms with Crippen LogP contribution in [0.5, 0.6) is 5.75 Å². The van der Waals surface area contributed by atoms with E-state index in [4.69, 9.17) is 4.74 Å². The number of nitro groups is 1. The molecule has 0 spiro atoms. The standard InChI is InChI=1S/C15H15N3O6S/c1-10(19)16-11-4-3-5-12(8-11)17-25(22,23)15-9-13(18(20)21)6-7-14(15)24-2/h3-9,17H,1-2H3,(H,16,19). The second-order valence-corrected chi connectivity index (χ2v) is 6.61. The van der Waals surface area contributed by atoms with Crippen LogP contribution in [-0.2, 0) is 14.8 Å². The summed E-state index contributed by atoms with van der Waals surface area (Å²) in [6.07, 6.45) is 0. The molecule has 0 aliphatic carbocycles. The van der Waals surface area contributed by atoms with E-state index in [1.165, 1.54) is 32.2 Å². The highest BCUT2D eigenvalue weighted by molar-refractivity contribution is 7.92. The van der Waals surface area contributed by atoms with Gasteiger partial charge in [-0.1, -0.05) is 6.07 Å². The van der Waals surface area contributed by atoms with E-state index in [1.54, 1.807) is 12.1 Å². The number of ether oxygens (including phenoxy) is 1. The predicted molar refractivity (Wildman–Crippen MR) is 91.2 cm³/mol. The maximum absolute atomic E-state index is 12.6. The van der Waals surface area contributed by atoms with E-state index in [0.29, 0.717) is 5.69 Å². The van der Waals surface area contributed by atoms with E-state index in [9.17, 15) is 23.3 Å². The Bertz CT molecular complexity index is 927. The summed E-state index contributed by atoms with van der Waals surface area (Å²) in [6, 6.07) is 9.31. The van der Waals surface area contributed by atoms with Gasteiger partial charge in [-0.05, 0) is 24.3 Å². The van der Waals surface area contributed by atoms with Crippen molar-refractivity contribution in [3.05, 3.63) is 52.6 Å². The largest absolute Gasteiger partial charge is 0.495 e. The number of nitrogens with zero attached hydrogens (tertiary/aromatic N) is 1. The molecule has 0 aliphatic heterocycles. The van der Waals surface area contributed by atoms with Crippen molar-refractivity contribution in [2.24, 2.45) is 0 Å². The number of nitro benzene ring substituents is 1. The lowest BCUT2D eigenvalue weighted by molar-refractivity contribution is -0.385. The molecule has 0 aliphatic rings. The van der Waals surface area contributed by atoms with Crippen LogP contribution in [0.25, 0.3) is 0 Å². The van der Waals surface area contributed by atoms with Crippen molar-refractivity contribution in [1.29, 1.82) is 0 Å². The fourth-order valence-corrected chi connectivity index (χ4v) is 3.30. The van der Waals surface area contributed by atoms with Crippen LogP contribution in [0, 0.1) is 10.1 Å². The van der Waals surface area contributed by atoms with Gasteiger partial charge in [-0.3, -0.25) is 19.6 Å². The minimum atomic E-state index is -4.15. The van der Waals surface area contributed by atoms with E-state index >= 15 is 0 Å². The first-order valence-electron chi connectivity index (χ1n) is 6.96. The van der Waals surface area contributed by atoms with Gasteiger partial charge >= 0.3 is 0 Å². The first-order valence-corrected chi connectivity index (χ1v) is 8.44. The Morgan fingerprint density at radius 2 is 1.84 bits per heavy atom. The first kappa shape index (κ1) is 18.2. The molecule has 25 heavy (non-hydrogen) atoms. The van der Waals surface area contributed by atoms with Crippen molar-refractivity contribution < 1.29 is 22.9 Å². The number of benzene rings is 2. The highest BCUT2D eigenvalue weighted by Crippen LogP contribution is 2.30. The van der Waals surface area contributed by atoms with Crippen LogP contribution >= 0.6 is 0 Å². The second kappa shape index (κ2) is 7.18. The van der Waals surface area contributed by atoms with Crippen molar-refractivity contribution in [3.8, 4) is 5.75 Å². The van der Waals surface area contributed by atoms with Gasteiger partial charge in [-0.25, -0.2) is 8.42 Å². The fraction of sp³-hybridized carbons (Fsp3) is 0.133. The Labute approximate surface area is 143 Å². The third kappa shape index (κ3) is 4.44.